The number of anilines is 1. The number of hydrogen-bond acceptors (Lipinski definition) is 3. The van der Waals surface area contributed by atoms with Crippen LogP contribution in [-0.4, -0.2) is 6.54 Å². The zero-order valence-electron chi connectivity index (χ0n) is 10.9. The summed E-state index contributed by atoms with van der Waals surface area (Å²) in [7, 11) is 0. The predicted octanol–water partition coefficient (Wildman–Crippen LogP) is 3.75. The quantitative estimate of drug-likeness (QED) is 0.828. The highest BCUT2D eigenvalue weighted by Gasteiger charge is 2.24. The number of rotatable bonds is 1. The zero-order valence-corrected chi connectivity index (χ0v) is 10.9. The van der Waals surface area contributed by atoms with Gasteiger partial charge in [0.1, 0.15) is 23.4 Å². The Morgan fingerprint density at radius 3 is 2.72 bits per heavy atom. The molecule has 1 N–H and O–H groups in total. The number of hydrogen-bond donors (Lipinski definition) is 1. The van der Waals surface area contributed by atoms with Gasteiger partial charge in [0.2, 0.25) is 0 Å². The van der Waals surface area contributed by atoms with E-state index in [-0.39, 0.29) is 6.10 Å². The average molecular weight is 243 g/mol. The molecule has 94 valence electrons. The molecular weight excluding hydrogens is 226 g/mol. The van der Waals surface area contributed by atoms with Crippen LogP contribution < -0.4 is 10.1 Å². The molecule has 0 fully saturated rings. The highest BCUT2D eigenvalue weighted by Crippen LogP contribution is 2.36. The molecule has 0 radical (unpaired) electrons. The first-order valence-electron chi connectivity index (χ1n) is 6.21. The van der Waals surface area contributed by atoms with Crippen molar-refractivity contribution < 1.29 is 9.15 Å². The molecule has 0 spiro atoms. The molecule has 0 amide bonds. The molecule has 1 aromatic carbocycles. The maximum Gasteiger partial charge on any atom is 0.144 e. The van der Waals surface area contributed by atoms with Crippen LogP contribution in [0.2, 0.25) is 0 Å². The van der Waals surface area contributed by atoms with Gasteiger partial charge >= 0.3 is 0 Å². The molecule has 0 saturated heterocycles. The van der Waals surface area contributed by atoms with Crippen molar-refractivity contribution in [3.8, 4) is 5.75 Å². The lowest BCUT2D eigenvalue weighted by atomic mass is 10.1. The maximum atomic E-state index is 6.04. The molecule has 0 aliphatic carbocycles. The summed E-state index contributed by atoms with van der Waals surface area (Å²) in [5, 5.41) is 3.42. The van der Waals surface area contributed by atoms with E-state index in [1.54, 1.807) is 0 Å². The average Bonchev–Trinajstić information content (AvgIpc) is 2.68. The van der Waals surface area contributed by atoms with E-state index in [0.29, 0.717) is 0 Å². The fourth-order valence-electron chi connectivity index (χ4n) is 2.43. The minimum Gasteiger partial charge on any atom is -0.482 e. The summed E-state index contributed by atoms with van der Waals surface area (Å²) in [6, 6.07) is 8.25. The molecule has 1 aliphatic heterocycles. The van der Waals surface area contributed by atoms with Crippen molar-refractivity contribution >= 4 is 5.69 Å². The Morgan fingerprint density at radius 2 is 2.00 bits per heavy atom. The van der Waals surface area contributed by atoms with Crippen molar-refractivity contribution in [2.75, 3.05) is 11.9 Å². The van der Waals surface area contributed by atoms with Crippen molar-refractivity contribution in [2.45, 2.75) is 26.9 Å². The number of aryl methyl sites for hydroxylation is 3. The van der Waals surface area contributed by atoms with Gasteiger partial charge < -0.3 is 14.5 Å². The van der Waals surface area contributed by atoms with Crippen LogP contribution in [0.15, 0.2) is 28.7 Å². The predicted molar refractivity (Wildman–Crippen MR) is 71.2 cm³/mol. The first kappa shape index (κ1) is 11.2. The molecule has 2 aromatic rings. The lowest BCUT2D eigenvalue weighted by molar-refractivity contribution is 0.208. The second-order valence-corrected chi connectivity index (χ2v) is 4.86. The molecule has 1 aliphatic rings. The van der Waals surface area contributed by atoms with E-state index >= 15 is 0 Å². The SMILES string of the molecule is Cc1ccc2c(c1)NCC(c1cc(C)oc1C)O2. The fraction of sp³-hybridized carbons (Fsp3) is 0.333. The number of ether oxygens (including phenoxy) is 1. The van der Waals surface area contributed by atoms with Crippen molar-refractivity contribution in [2.24, 2.45) is 0 Å². The second-order valence-electron chi connectivity index (χ2n) is 4.86. The molecule has 3 nitrogen and oxygen atoms in total. The maximum absolute atomic E-state index is 6.04. The van der Waals surface area contributed by atoms with Crippen LogP contribution in [0, 0.1) is 20.8 Å². The van der Waals surface area contributed by atoms with E-state index in [2.05, 4.69) is 30.4 Å². The number of benzene rings is 1. The third-order valence-electron chi connectivity index (χ3n) is 3.31. The molecular formula is C15H17NO2. The largest absolute Gasteiger partial charge is 0.482 e. The normalized spacial score (nSPS) is 17.8. The summed E-state index contributed by atoms with van der Waals surface area (Å²) in [4.78, 5) is 0. The van der Waals surface area contributed by atoms with E-state index < -0.39 is 0 Å². The summed E-state index contributed by atoms with van der Waals surface area (Å²) in [6.45, 7) is 6.80. The lowest BCUT2D eigenvalue weighted by Crippen LogP contribution is -2.23. The van der Waals surface area contributed by atoms with E-state index in [4.69, 9.17) is 9.15 Å². The summed E-state index contributed by atoms with van der Waals surface area (Å²) in [5.74, 6) is 2.78. The first-order valence-corrected chi connectivity index (χ1v) is 6.21. The number of nitrogens with one attached hydrogen (secondary N) is 1. The van der Waals surface area contributed by atoms with E-state index in [9.17, 15) is 0 Å². The Labute approximate surface area is 107 Å². The van der Waals surface area contributed by atoms with Crippen LogP contribution in [0.25, 0.3) is 0 Å². The summed E-state index contributed by atoms with van der Waals surface area (Å²) in [6.07, 6.45) is 0.0256. The number of fused-ring (bicyclic) bond motifs is 1. The highest BCUT2D eigenvalue weighted by atomic mass is 16.5. The van der Waals surface area contributed by atoms with E-state index in [0.717, 1.165) is 35.1 Å². The fourth-order valence-corrected chi connectivity index (χ4v) is 2.43. The Bertz CT molecular complexity index is 586. The molecule has 2 heterocycles. The van der Waals surface area contributed by atoms with Gasteiger partial charge in [-0.05, 0) is 44.5 Å². The molecule has 1 unspecified atom stereocenters. The van der Waals surface area contributed by atoms with Gasteiger partial charge in [0.25, 0.3) is 0 Å². The van der Waals surface area contributed by atoms with Gasteiger partial charge in [0.15, 0.2) is 0 Å². The Balaban J connectivity index is 1.91. The third-order valence-corrected chi connectivity index (χ3v) is 3.31. The monoisotopic (exact) mass is 243 g/mol. The van der Waals surface area contributed by atoms with Crippen molar-refractivity contribution in [1.82, 2.24) is 0 Å². The summed E-state index contributed by atoms with van der Waals surface area (Å²) >= 11 is 0. The van der Waals surface area contributed by atoms with Crippen LogP contribution in [0.1, 0.15) is 28.8 Å². The zero-order chi connectivity index (χ0) is 12.7. The Hall–Kier alpha value is -1.90. The molecule has 1 aromatic heterocycles. The van der Waals surface area contributed by atoms with Gasteiger partial charge in [-0.3, -0.25) is 0 Å². The molecule has 1 atom stereocenters. The van der Waals surface area contributed by atoms with Gasteiger partial charge in [-0.25, -0.2) is 0 Å². The topological polar surface area (TPSA) is 34.4 Å². The minimum absolute atomic E-state index is 0.0256. The van der Waals surface area contributed by atoms with Crippen molar-refractivity contribution in [3.63, 3.8) is 0 Å². The smallest absolute Gasteiger partial charge is 0.144 e. The molecule has 3 rings (SSSR count). The van der Waals surface area contributed by atoms with Gasteiger partial charge in [0.05, 0.1) is 12.2 Å². The van der Waals surface area contributed by atoms with Gasteiger partial charge in [-0.15, -0.1) is 0 Å². The Morgan fingerprint density at radius 1 is 1.17 bits per heavy atom. The molecule has 18 heavy (non-hydrogen) atoms. The lowest BCUT2D eigenvalue weighted by Gasteiger charge is -2.27. The summed E-state index contributed by atoms with van der Waals surface area (Å²) in [5.41, 5.74) is 3.44. The molecule has 0 saturated carbocycles. The minimum atomic E-state index is 0.0256. The van der Waals surface area contributed by atoms with Crippen molar-refractivity contribution in [1.29, 1.82) is 0 Å². The van der Waals surface area contributed by atoms with E-state index in [1.807, 2.05) is 19.9 Å². The second kappa shape index (κ2) is 4.09. The standard InChI is InChI=1S/C15H17NO2/c1-9-4-5-14-13(6-9)16-8-15(18-14)12-7-10(2)17-11(12)3/h4-7,15-16H,8H2,1-3H3. The van der Waals surface area contributed by atoms with Crippen LogP contribution in [0.3, 0.4) is 0 Å². The van der Waals surface area contributed by atoms with Gasteiger partial charge in [-0.1, -0.05) is 6.07 Å². The number of furan rings is 1. The van der Waals surface area contributed by atoms with E-state index in [1.165, 1.54) is 5.56 Å². The van der Waals surface area contributed by atoms with Crippen LogP contribution in [-0.2, 0) is 0 Å². The highest BCUT2D eigenvalue weighted by molar-refractivity contribution is 5.59. The van der Waals surface area contributed by atoms with Gasteiger partial charge in [0, 0.05) is 5.56 Å². The van der Waals surface area contributed by atoms with Crippen molar-refractivity contribution in [3.05, 3.63) is 46.9 Å². The van der Waals surface area contributed by atoms with Crippen LogP contribution >= 0.6 is 0 Å². The van der Waals surface area contributed by atoms with Gasteiger partial charge in [-0.2, -0.15) is 0 Å². The Kier molecular flexibility index (Phi) is 2.54. The third kappa shape index (κ3) is 1.86. The molecule has 3 heteroatoms. The van der Waals surface area contributed by atoms with Crippen LogP contribution in [0.5, 0.6) is 5.75 Å². The molecule has 0 bridgehead atoms. The summed E-state index contributed by atoms with van der Waals surface area (Å²) < 4.78 is 11.6. The first-order chi connectivity index (χ1) is 8.63. The van der Waals surface area contributed by atoms with Crippen LogP contribution in [0.4, 0.5) is 5.69 Å².